The summed E-state index contributed by atoms with van der Waals surface area (Å²) in [4.78, 5) is 15.2. The van der Waals surface area contributed by atoms with Gasteiger partial charge < -0.3 is 25.4 Å². The number of amides is 1. The van der Waals surface area contributed by atoms with Crippen LogP contribution >= 0.6 is 34.8 Å². The Morgan fingerprint density at radius 1 is 1.28 bits per heavy atom. The Bertz CT molecular complexity index is 700. The Kier molecular flexibility index (Phi) is 7.89. The molecule has 29 heavy (non-hydrogen) atoms. The van der Waals surface area contributed by atoms with Gasteiger partial charge in [0.2, 0.25) is 3.79 Å². The number of piperidine rings is 2. The van der Waals surface area contributed by atoms with Crippen molar-refractivity contribution in [1.29, 1.82) is 0 Å². The van der Waals surface area contributed by atoms with Gasteiger partial charge in [0.25, 0.3) is 5.91 Å². The molecule has 0 radical (unpaired) electrons. The molecule has 2 aliphatic rings. The van der Waals surface area contributed by atoms with E-state index in [0.717, 1.165) is 32.4 Å². The highest BCUT2D eigenvalue weighted by Crippen LogP contribution is 2.35. The second kappa shape index (κ2) is 10.0. The summed E-state index contributed by atoms with van der Waals surface area (Å²) in [6, 6.07) is 6.24. The lowest BCUT2D eigenvalue weighted by Gasteiger charge is -2.44. The van der Waals surface area contributed by atoms with Crippen LogP contribution in [0.2, 0.25) is 0 Å². The predicted octanol–water partition coefficient (Wildman–Crippen LogP) is 4.09. The van der Waals surface area contributed by atoms with Crippen molar-refractivity contribution >= 4 is 46.4 Å². The number of hydrogen-bond donors (Lipinski definition) is 2. The van der Waals surface area contributed by atoms with E-state index < -0.39 is 15.9 Å². The lowest BCUT2D eigenvalue weighted by atomic mass is 9.84. The van der Waals surface area contributed by atoms with Gasteiger partial charge in [0.15, 0.2) is 6.23 Å². The largest absolute Gasteiger partial charge is 0.733 e. The number of alkyl halides is 3. The molecule has 7 nitrogen and oxygen atoms in total. The van der Waals surface area contributed by atoms with Crippen LogP contribution in [0, 0.1) is 11.1 Å². The fourth-order valence-electron chi connectivity index (χ4n) is 4.24. The molecule has 2 aliphatic heterocycles. The second-order valence-corrected chi connectivity index (χ2v) is 9.89. The molecule has 10 heteroatoms. The molecule has 0 aliphatic carbocycles. The molecule has 1 amide bonds. The molecule has 1 aromatic carbocycles. The Morgan fingerprint density at radius 3 is 2.72 bits per heavy atom. The first-order chi connectivity index (χ1) is 13.8. The SMILES string of the molecule is O=C(N[C@H](OC[C@H]1CCCN2CCCC[C@H]12)C(Cl)(Cl)Cl)c1ccccc1N([O-])O. The van der Waals surface area contributed by atoms with Crippen molar-refractivity contribution in [2.75, 3.05) is 24.9 Å². The number of anilines is 1. The number of benzene rings is 1. The summed E-state index contributed by atoms with van der Waals surface area (Å²) in [5.74, 6) is -0.382. The van der Waals surface area contributed by atoms with Gasteiger partial charge in [-0.25, -0.2) is 0 Å². The summed E-state index contributed by atoms with van der Waals surface area (Å²) in [6.07, 6.45) is 4.47. The van der Waals surface area contributed by atoms with Crippen LogP contribution in [0.4, 0.5) is 5.69 Å². The summed E-state index contributed by atoms with van der Waals surface area (Å²) >= 11 is 18.1. The zero-order chi connectivity index (χ0) is 21.0. The van der Waals surface area contributed by atoms with Gasteiger partial charge in [0.1, 0.15) is 0 Å². The van der Waals surface area contributed by atoms with E-state index in [-0.39, 0.29) is 16.5 Å². The van der Waals surface area contributed by atoms with Crippen LogP contribution in [-0.2, 0) is 4.74 Å². The Balaban J connectivity index is 1.67. The number of rotatable bonds is 6. The molecule has 0 spiro atoms. The van der Waals surface area contributed by atoms with Crippen molar-refractivity contribution in [3.05, 3.63) is 35.0 Å². The van der Waals surface area contributed by atoms with Crippen molar-refractivity contribution in [2.24, 2.45) is 5.92 Å². The molecule has 0 aromatic heterocycles. The van der Waals surface area contributed by atoms with Crippen LogP contribution in [0.1, 0.15) is 42.5 Å². The van der Waals surface area contributed by atoms with E-state index in [0.29, 0.717) is 18.6 Å². The normalized spacial score (nSPS) is 23.9. The van der Waals surface area contributed by atoms with Crippen molar-refractivity contribution in [1.82, 2.24) is 10.2 Å². The first kappa shape index (κ1) is 22.9. The van der Waals surface area contributed by atoms with Crippen LogP contribution in [0.3, 0.4) is 0 Å². The van der Waals surface area contributed by atoms with Gasteiger partial charge in [-0.05, 0) is 56.8 Å². The smallest absolute Gasteiger partial charge is 0.255 e. The molecule has 3 rings (SSSR count). The molecule has 162 valence electrons. The molecule has 1 aromatic rings. The van der Waals surface area contributed by atoms with Crippen LogP contribution < -0.4 is 10.5 Å². The number of ether oxygens (including phenoxy) is 1. The van der Waals surface area contributed by atoms with E-state index in [1.54, 1.807) is 6.07 Å². The molecule has 2 N–H and O–H groups in total. The molecule has 3 atom stereocenters. The number of para-hydroxylation sites is 1. The topological polar surface area (TPSA) is 88.1 Å². The quantitative estimate of drug-likeness (QED) is 0.374. The van der Waals surface area contributed by atoms with E-state index >= 15 is 0 Å². The molecular weight excluding hydrogens is 441 g/mol. The van der Waals surface area contributed by atoms with Crippen molar-refractivity contribution in [2.45, 2.75) is 48.2 Å². The fraction of sp³-hybridized carbons (Fsp3) is 0.632. The Hall–Kier alpha value is -0.800. The lowest BCUT2D eigenvalue weighted by Crippen LogP contribution is -2.51. The van der Waals surface area contributed by atoms with Crippen molar-refractivity contribution in [3.8, 4) is 0 Å². The number of nitrogens with one attached hydrogen (secondary N) is 1. The number of fused-ring (bicyclic) bond motifs is 1. The van der Waals surface area contributed by atoms with Gasteiger partial charge in [-0.3, -0.25) is 10.0 Å². The zero-order valence-corrected chi connectivity index (χ0v) is 18.2. The van der Waals surface area contributed by atoms with Crippen molar-refractivity contribution < 1.29 is 14.7 Å². The minimum absolute atomic E-state index is 0.0519. The van der Waals surface area contributed by atoms with Gasteiger partial charge in [0.05, 0.1) is 17.9 Å². The monoisotopic (exact) mass is 464 g/mol. The Morgan fingerprint density at radius 2 is 2.00 bits per heavy atom. The van der Waals surface area contributed by atoms with E-state index in [4.69, 9.17) is 39.5 Å². The number of hydrogen-bond acceptors (Lipinski definition) is 6. The maximum atomic E-state index is 12.7. The molecular formula is C19H25Cl3N3O4-. The summed E-state index contributed by atoms with van der Waals surface area (Å²) in [7, 11) is 0. The minimum Gasteiger partial charge on any atom is -0.733 e. The zero-order valence-electron chi connectivity index (χ0n) is 15.9. The average molecular weight is 466 g/mol. The van der Waals surface area contributed by atoms with Gasteiger partial charge in [-0.15, -0.1) is 0 Å². The molecule has 2 fully saturated rings. The fourth-order valence-corrected chi connectivity index (χ4v) is 4.59. The summed E-state index contributed by atoms with van der Waals surface area (Å²) in [5, 5.41) is 22.7. The number of carbonyl (C=O) groups is 1. The summed E-state index contributed by atoms with van der Waals surface area (Å²) < 4.78 is 3.98. The van der Waals surface area contributed by atoms with Crippen LogP contribution in [0.25, 0.3) is 0 Å². The maximum Gasteiger partial charge on any atom is 0.255 e. The van der Waals surface area contributed by atoms with Crippen molar-refractivity contribution in [3.63, 3.8) is 0 Å². The first-order valence-electron chi connectivity index (χ1n) is 9.76. The van der Waals surface area contributed by atoms with E-state index in [1.807, 2.05) is 0 Å². The molecule has 0 saturated carbocycles. The van der Waals surface area contributed by atoms with Gasteiger partial charge in [0, 0.05) is 6.04 Å². The first-order valence-corrected chi connectivity index (χ1v) is 10.9. The third-order valence-corrected chi connectivity index (χ3v) is 6.21. The summed E-state index contributed by atoms with van der Waals surface area (Å²) in [6.45, 7) is 2.57. The molecule has 0 unspecified atom stereocenters. The molecule has 2 saturated heterocycles. The maximum absolute atomic E-state index is 12.7. The second-order valence-electron chi connectivity index (χ2n) is 7.52. The molecule has 0 bridgehead atoms. The highest BCUT2D eigenvalue weighted by atomic mass is 35.6. The standard InChI is InChI=1S/C19H25Cl3N3O4/c20-19(21,22)18(23-17(26)14-7-1-2-9-16(14)25(27)28)29-12-13-6-5-11-24-10-4-3-8-15(13)24/h1-2,7,9,13,15,18,27H,3-6,8,10-12H2,(H,23,26)/q-1/t13-,15-,18-/m1/s1. The minimum atomic E-state index is -1.90. The highest BCUT2D eigenvalue weighted by molar-refractivity contribution is 6.68. The number of nitrogens with zero attached hydrogens (tertiary/aromatic N) is 2. The van der Waals surface area contributed by atoms with Crippen LogP contribution in [0.15, 0.2) is 24.3 Å². The predicted molar refractivity (Wildman–Crippen MR) is 114 cm³/mol. The summed E-state index contributed by atoms with van der Waals surface area (Å²) in [5.41, 5.74) is -0.262. The van der Waals surface area contributed by atoms with E-state index in [1.165, 1.54) is 31.0 Å². The van der Waals surface area contributed by atoms with Gasteiger partial charge >= 0.3 is 0 Å². The van der Waals surface area contributed by atoms with Gasteiger partial charge in [-0.1, -0.05) is 53.4 Å². The highest BCUT2D eigenvalue weighted by Gasteiger charge is 2.38. The average Bonchev–Trinajstić information content (AvgIpc) is 2.70. The van der Waals surface area contributed by atoms with E-state index in [9.17, 15) is 15.2 Å². The lowest BCUT2D eigenvalue weighted by molar-refractivity contribution is -0.0325. The van der Waals surface area contributed by atoms with Crippen LogP contribution in [0.5, 0.6) is 0 Å². The molecule has 2 heterocycles. The number of carbonyl (C=O) groups excluding carboxylic acids is 1. The van der Waals surface area contributed by atoms with E-state index in [2.05, 4.69) is 10.2 Å². The third kappa shape index (κ3) is 5.88. The van der Waals surface area contributed by atoms with Crippen LogP contribution in [-0.4, -0.2) is 51.8 Å². The number of halogens is 3. The third-order valence-electron chi connectivity index (χ3n) is 5.62. The van der Waals surface area contributed by atoms with Gasteiger partial charge in [-0.2, -0.15) is 0 Å². The Labute approximate surface area is 185 Å².